The Bertz CT molecular complexity index is 268. The van der Waals surface area contributed by atoms with Gasteiger partial charge < -0.3 is 5.73 Å². The topological polar surface area (TPSA) is 26.0 Å². The standard InChI is InChI=1S/C13H21NS/c1-3-12(14)8-5-11-6-9-13(10-7-11)15-4-2/h6-7,9-10,12H,3-5,8,14H2,1-2H3. The average molecular weight is 223 g/mol. The summed E-state index contributed by atoms with van der Waals surface area (Å²) in [6.45, 7) is 4.32. The van der Waals surface area contributed by atoms with Crippen LogP contribution in [0.5, 0.6) is 0 Å². The second-order valence-electron chi connectivity index (χ2n) is 3.78. The van der Waals surface area contributed by atoms with E-state index >= 15 is 0 Å². The Hall–Kier alpha value is -0.470. The van der Waals surface area contributed by atoms with Gasteiger partial charge in [0.25, 0.3) is 0 Å². The lowest BCUT2D eigenvalue weighted by molar-refractivity contribution is 0.596. The van der Waals surface area contributed by atoms with Crippen LogP contribution < -0.4 is 5.73 Å². The Labute approximate surface area is 97.4 Å². The zero-order chi connectivity index (χ0) is 11.1. The van der Waals surface area contributed by atoms with Crippen molar-refractivity contribution in [1.82, 2.24) is 0 Å². The number of benzene rings is 1. The smallest absolute Gasteiger partial charge is 0.00720 e. The number of rotatable bonds is 6. The quantitative estimate of drug-likeness (QED) is 0.747. The van der Waals surface area contributed by atoms with Gasteiger partial charge in [0.2, 0.25) is 0 Å². The first-order valence-electron chi connectivity index (χ1n) is 5.73. The van der Waals surface area contributed by atoms with Crippen LogP contribution in [0.4, 0.5) is 0 Å². The lowest BCUT2D eigenvalue weighted by Crippen LogP contribution is -2.18. The summed E-state index contributed by atoms with van der Waals surface area (Å²) in [7, 11) is 0. The summed E-state index contributed by atoms with van der Waals surface area (Å²) < 4.78 is 0. The van der Waals surface area contributed by atoms with Crippen molar-refractivity contribution < 1.29 is 0 Å². The first-order valence-corrected chi connectivity index (χ1v) is 6.72. The van der Waals surface area contributed by atoms with Gasteiger partial charge in [0.1, 0.15) is 0 Å². The Morgan fingerprint density at radius 2 is 1.87 bits per heavy atom. The van der Waals surface area contributed by atoms with E-state index in [0.717, 1.165) is 25.0 Å². The van der Waals surface area contributed by atoms with Gasteiger partial charge in [-0.05, 0) is 42.7 Å². The number of aryl methyl sites for hydroxylation is 1. The van der Waals surface area contributed by atoms with Gasteiger partial charge in [-0.2, -0.15) is 0 Å². The van der Waals surface area contributed by atoms with Gasteiger partial charge >= 0.3 is 0 Å². The average Bonchev–Trinajstić information content (AvgIpc) is 2.28. The summed E-state index contributed by atoms with van der Waals surface area (Å²) >= 11 is 1.89. The molecular formula is C13H21NS. The molecule has 2 N–H and O–H groups in total. The van der Waals surface area contributed by atoms with E-state index < -0.39 is 0 Å². The second kappa shape index (κ2) is 6.91. The normalized spacial score (nSPS) is 12.7. The van der Waals surface area contributed by atoms with Crippen molar-refractivity contribution in [2.45, 2.75) is 44.0 Å². The van der Waals surface area contributed by atoms with Crippen molar-refractivity contribution in [1.29, 1.82) is 0 Å². The highest BCUT2D eigenvalue weighted by molar-refractivity contribution is 7.99. The summed E-state index contributed by atoms with van der Waals surface area (Å²) in [4.78, 5) is 1.36. The van der Waals surface area contributed by atoms with E-state index in [9.17, 15) is 0 Å². The van der Waals surface area contributed by atoms with Gasteiger partial charge in [-0.1, -0.05) is 26.0 Å². The maximum Gasteiger partial charge on any atom is 0.00720 e. The van der Waals surface area contributed by atoms with Crippen LogP contribution in [-0.4, -0.2) is 11.8 Å². The maximum atomic E-state index is 5.89. The molecule has 1 nitrogen and oxygen atoms in total. The zero-order valence-corrected chi connectivity index (χ0v) is 10.5. The van der Waals surface area contributed by atoms with Gasteiger partial charge in [0.05, 0.1) is 0 Å². The third kappa shape index (κ3) is 4.72. The van der Waals surface area contributed by atoms with Crippen molar-refractivity contribution in [3.63, 3.8) is 0 Å². The summed E-state index contributed by atoms with van der Waals surface area (Å²) in [5, 5.41) is 0. The monoisotopic (exact) mass is 223 g/mol. The highest BCUT2D eigenvalue weighted by Crippen LogP contribution is 2.18. The van der Waals surface area contributed by atoms with Crippen LogP contribution in [0.15, 0.2) is 29.2 Å². The molecule has 0 saturated heterocycles. The first-order chi connectivity index (χ1) is 7.26. The summed E-state index contributed by atoms with van der Waals surface area (Å²) in [6.07, 6.45) is 3.27. The fraction of sp³-hybridized carbons (Fsp3) is 0.538. The zero-order valence-electron chi connectivity index (χ0n) is 9.70. The molecule has 0 radical (unpaired) electrons. The molecule has 84 valence electrons. The van der Waals surface area contributed by atoms with Gasteiger partial charge in [0, 0.05) is 10.9 Å². The van der Waals surface area contributed by atoms with Gasteiger partial charge in [-0.25, -0.2) is 0 Å². The molecule has 0 fully saturated rings. The molecule has 2 heteroatoms. The fourth-order valence-electron chi connectivity index (χ4n) is 1.48. The number of thioether (sulfide) groups is 1. The van der Waals surface area contributed by atoms with Gasteiger partial charge in [-0.3, -0.25) is 0 Å². The highest BCUT2D eigenvalue weighted by Gasteiger charge is 2.00. The molecule has 0 aliphatic rings. The lowest BCUT2D eigenvalue weighted by atomic mass is 10.0. The van der Waals surface area contributed by atoms with Crippen molar-refractivity contribution in [2.75, 3.05) is 5.75 Å². The number of nitrogens with two attached hydrogens (primary N) is 1. The van der Waals surface area contributed by atoms with Crippen molar-refractivity contribution in [2.24, 2.45) is 5.73 Å². The molecule has 0 aromatic heterocycles. The minimum absolute atomic E-state index is 0.356. The molecule has 1 rings (SSSR count). The predicted octanol–water partition coefficient (Wildman–Crippen LogP) is 3.47. The van der Waals surface area contributed by atoms with Crippen LogP contribution in [0, 0.1) is 0 Å². The molecule has 0 heterocycles. The molecule has 0 spiro atoms. The van der Waals surface area contributed by atoms with Crippen molar-refractivity contribution in [3.05, 3.63) is 29.8 Å². The SMILES string of the molecule is CCSc1ccc(CCC(N)CC)cc1. The van der Waals surface area contributed by atoms with Crippen LogP contribution in [-0.2, 0) is 6.42 Å². The van der Waals surface area contributed by atoms with Crippen LogP contribution in [0.1, 0.15) is 32.3 Å². The summed E-state index contributed by atoms with van der Waals surface area (Å²) in [5.74, 6) is 1.14. The Kier molecular flexibility index (Phi) is 5.81. The number of hydrogen-bond acceptors (Lipinski definition) is 2. The fourth-order valence-corrected chi connectivity index (χ4v) is 2.14. The van der Waals surface area contributed by atoms with Crippen LogP contribution >= 0.6 is 11.8 Å². The van der Waals surface area contributed by atoms with E-state index in [1.54, 1.807) is 0 Å². The Morgan fingerprint density at radius 1 is 1.20 bits per heavy atom. The minimum Gasteiger partial charge on any atom is -0.328 e. The molecule has 1 atom stereocenters. The molecule has 0 aliphatic heterocycles. The van der Waals surface area contributed by atoms with E-state index in [0.29, 0.717) is 6.04 Å². The van der Waals surface area contributed by atoms with Crippen LogP contribution in [0.3, 0.4) is 0 Å². The van der Waals surface area contributed by atoms with E-state index in [2.05, 4.69) is 38.1 Å². The van der Waals surface area contributed by atoms with E-state index in [1.165, 1.54) is 10.5 Å². The third-order valence-electron chi connectivity index (χ3n) is 2.56. The molecule has 0 bridgehead atoms. The molecule has 1 aromatic carbocycles. The Balaban J connectivity index is 2.42. The van der Waals surface area contributed by atoms with E-state index in [1.807, 2.05) is 11.8 Å². The highest BCUT2D eigenvalue weighted by atomic mass is 32.2. The predicted molar refractivity (Wildman–Crippen MR) is 69.4 cm³/mol. The van der Waals surface area contributed by atoms with Crippen LogP contribution in [0.25, 0.3) is 0 Å². The third-order valence-corrected chi connectivity index (χ3v) is 3.46. The summed E-state index contributed by atoms with van der Waals surface area (Å²) in [6, 6.07) is 9.22. The molecular weight excluding hydrogens is 202 g/mol. The lowest BCUT2D eigenvalue weighted by Gasteiger charge is -2.08. The van der Waals surface area contributed by atoms with E-state index in [-0.39, 0.29) is 0 Å². The molecule has 1 unspecified atom stereocenters. The molecule has 0 amide bonds. The van der Waals surface area contributed by atoms with Crippen molar-refractivity contribution in [3.8, 4) is 0 Å². The maximum absolute atomic E-state index is 5.89. The first kappa shape index (κ1) is 12.6. The largest absolute Gasteiger partial charge is 0.328 e. The second-order valence-corrected chi connectivity index (χ2v) is 5.12. The van der Waals surface area contributed by atoms with Gasteiger partial charge in [-0.15, -0.1) is 11.8 Å². The van der Waals surface area contributed by atoms with Gasteiger partial charge in [0.15, 0.2) is 0 Å². The molecule has 1 aromatic rings. The van der Waals surface area contributed by atoms with Crippen molar-refractivity contribution >= 4 is 11.8 Å². The molecule has 0 aliphatic carbocycles. The summed E-state index contributed by atoms with van der Waals surface area (Å²) in [5.41, 5.74) is 7.30. The Morgan fingerprint density at radius 3 is 2.40 bits per heavy atom. The number of hydrogen-bond donors (Lipinski definition) is 1. The van der Waals surface area contributed by atoms with E-state index in [4.69, 9.17) is 5.73 Å². The molecule has 15 heavy (non-hydrogen) atoms. The minimum atomic E-state index is 0.356. The van der Waals surface area contributed by atoms with Crippen LogP contribution in [0.2, 0.25) is 0 Å². The molecule has 0 saturated carbocycles.